The van der Waals surface area contributed by atoms with E-state index >= 15 is 0 Å². The maximum absolute atomic E-state index is 11.6. The highest BCUT2D eigenvalue weighted by Gasteiger charge is 2.54. The summed E-state index contributed by atoms with van der Waals surface area (Å²) >= 11 is 6.53. The van der Waals surface area contributed by atoms with Crippen molar-refractivity contribution in [2.24, 2.45) is 0 Å². The molecule has 20 heavy (non-hydrogen) atoms. The molecule has 3 nitrogen and oxygen atoms in total. The van der Waals surface area contributed by atoms with Crippen molar-refractivity contribution >= 4 is 17.6 Å². The monoisotopic (exact) mass is 294 g/mol. The van der Waals surface area contributed by atoms with Crippen LogP contribution in [0, 0.1) is 0 Å². The quantitative estimate of drug-likeness (QED) is 0.864. The Bertz CT molecular complexity index is 561. The number of hydrogen-bond donors (Lipinski definition) is 1. The Labute approximate surface area is 123 Å². The van der Waals surface area contributed by atoms with Gasteiger partial charge in [-0.2, -0.15) is 0 Å². The van der Waals surface area contributed by atoms with Gasteiger partial charge in [0, 0.05) is 5.56 Å². The van der Waals surface area contributed by atoms with Crippen molar-refractivity contribution < 1.29 is 14.6 Å². The maximum Gasteiger partial charge on any atom is 0.314 e. The number of hydrogen-bond acceptors (Lipinski definition) is 2. The molecule has 2 aliphatic rings. The Morgan fingerprint density at radius 2 is 2.00 bits per heavy atom. The van der Waals surface area contributed by atoms with Gasteiger partial charge in [0.25, 0.3) is 0 Å². The van der Waals surface area contributed by atoms with Gasteiger partial charge in [-0.1, -0.05) is 24.1 Å². The molecule has 0 atom stereocenters. The Morgan fingerprint density at radius 3 is 2.60 bits per heavy atom. The number of aliphatic carboxylic acids is 1. The number of benzene rings is 1. The number of carbonyl (C=O) groups is 1. The van der Waals surface area contributed by atoms with Gasteiger partial charge in [0.15, 0.2) is 0 Å². The van der Waals surface area contributed by atoms with E-state index in [1.165, 1.54) is 12.0 Å². The second-order valence-corrected chi connectivity index (χ2v) is 6.23. The van der Waals surface area contributed by atoms with Crippen LogP contribution < -0.4 is 4.74 Å². The first-order valence-electron chi connectivity index (χ1n) is 7.22. The summed E-state index contributed by atoms with van der Waals surface area (Å²) in [7, 11) is 1.58. The lowest BCUT2D eigenvalue weighted by atomic mass is 9.89. The number of fused-ring (bicyclic) bond motifs is 1. The van der Waals surface area contributed by atoms with Crippen LogP contribution in [-0.2, 0) is 23.1 Å². The molecule has 0 aromatic heterocycles. The van der Waals surface area contributed by atoms with E-state index in [2.05, 4.69) is 0 Å². The van der Waals surface area contributed by atoms with Crippen LogP contribution in [0.5, 0.6) is 5.75 Å². The number of carboxylic acid groups (broad SMARTS) is 1. The molecule has 0 spiro atoms. The van der Waals surface area contributed by atoms with E-state index in [1.54, 1.807) is 7.11 Å². The van der Waals surface area contributed by atoms with Gasteiger partial charge in [0.1, 0.15) is 5.75 Å². The molecular formula is C16H19ClO3. The highest BCUT2D eigenvalue weighted by molar-refractivity contribution is 6.33. The molecule has 1 fully saturated rings. The molecule has 0 radical (unpaired) electrons. The second kappa shape index (κ2) is 4.96. The summed E-state index contributed by atoms with van der Waals surface area (Å²) in [5.41, 5.74) is 2.39. The lowest BCUT2D eigenvalue weighted by Crippen LogP contribution is -2.21. The van der Waals surface area contributed by atoms with Crippen molar-refractivity contribution in [3.05, 3.63) is 27.8 Å². The molecule has 1 aromatic carbocycles. The summed E-state index contributed by atoms with van der Waals surface area (Å²) in [5.74, 6) is -0.187. The normalized spacial score (nSPS) is 19.9. The standard InChI is InChI=1S/C16H19ClO3/c1-20-14-12(16(7-8-16)15(18)19)9-10-5-3-2-4-6-11(10)13(14)17/h9H,2-8H2,1H3,(H,18,19). The van der Waals surface area contributed by atoms with E-state index in [-0.39, 0.29) is 0 Å². The topological polar surface area (TPSA) is 46.5 Å². The maximum atomic E-state index is 11.6. The third-order valence-corrected chi connectivity index (χ3v) is 5.07. The minimum absolute atomic E-state index is 0.576. The zero-order valence-electron chi connectivity index (χ0n) is 11.7. The molecule has 0 unspecified atom stereocenters. The van der Waals surface area contributed by atoms with Gasteiger partial charge in [-0.15, -0.1) is 0 Å². The fourth-order valence-electron chi connectivity index (χ4n) is 3.29. The van der Waals surface area contributed by atoms with Gasteiger partial charge in [0.2, 0.25) is 0 Å². The number of methoxy groups -OCH3 is 1. The van der Waals surface area contributed by atoms with Gasteiger partial charge in [-0.25, -0.2) is 0 Å². The van der Waals surface area contributed by atoms with Gasteiger partial charge < -0.3 is 9.84 Å². The van der Waals surface area contributed by atoms with Crippen LogP contribution in [0.25, 0.3) is 0 Å². The third kappa shape index (κ3) is 1.99. The van der Waals surface area contributed by atoms with Crippen molar-refractivity contribution in [1.82, 2.24) is 0 Å². The Hall–Kier alpha value is -1.22. The first kappa shape index (κ1) is 13.7. The second-order valence-electron chi connectivity index (χ2n) is 5.86. The molecule has 0 aliphatic heterocycles. The minimum atomic E-state index is -0.768. The van der Waals surface area contributed by atoms with Crippen LogP contribution in [0.1, 0.15) is 48.8 Å². The predicted octanol–water partition coefficient (Wildman–Crippen LogP) is 3.73. The molecule has 0 heterocycles. The van der Waals surface area contributed by atoms with Crippen LogP contribution in [0.15, 0.2) is 6.07 Å². The first-order valence-corrected chi connectivity index (χ1v) is 7.60. The van der Waals surface area contributed by atoms with Crippen molar-refractivity contribution in [2.45, 2.75) is 50.4 Å². The molecule has 0 bridgehead atoms. The van der Waals surface area contributed by atoms with Crippen LogP contribution in [0.3, 0.4) is 0 Å². The van der Waals surface area contributed by atoms with E-state index in [0.29, 0.717) is 23.6 Å². The number of ether oxygens (including phenoxy) is 1. The van der Waals surface area contributed by atoms with Gasteiger partial charge in [0.05, 0.1) is 17.5 Å². The predicted molar refractivity (Wildman–Crippen MR) is 77.8 cm³/mol. The molecule has 1 N–H and O–H groups in total. The van der Waals surface area contributed by atoms with Crippen molar-refractivity contribution in [1.29, 1.82) is 0 Å². The van der Waals surface area contributed by atoms with E-state index in [9.17, 15) is 9.90 Å². The molecule has 2 aliphatic carbocycles. The fourth-order valence-corrected chi connectivity index (χ4v) is 3.68. The van der Waals surface area contributed by atoms with Crippen LogP contribution in [0.4, 0.5) is 0 Å². The zero-order chi connectivity index (χ0) is 14.3. The summed E-state index contributed by atoms with van der Waals surface area (Å²) in [6.45, 7) is 0. The molecule has 108 valence electrons. The van der Waals surface area contributed by atoms with E-state index in [0.717, 1.165) is 36.8 Å². The Morgan fingerprint density at radius 1 is 1.30 bits per heavy atom. The molecule has 1 saturated carbocycles. The smallest absolute Gasteiger partial charge is 0.314 e. The highest BCUT2D eigenvalue weighted by Crippen LogP contribution is 2.54. The largest absolute Gasteiger partial charge is 0.495 e. The van der Waals surface area contributed by atoms with Crippen LogP contribution >= 0.6 is 11.6 Å². The lowest BCUT2D eigenvalue weighted by Gasteiger charge is -2.20. The zero-order valence-corrected chi connectivity index (χ0v) is 12.4. The van der Waals surface area contributed by atoms with Crippen molar-refractivity contribution in [3.8, 4) is 5.75 Å². The van der Waals surface area contributed by atoms with Crippen LogP contribution in [-0.4, -0.2) is 18.2 Å². The Balaban J connectivity index is 2.18. The number of aryl methyl sites for hydroxylation is 1. The molecule has 0 saturated heterocycles. The highest BCUT2D eigenvalue weighted by atomic mass is 35.5. The summed E-state index contributed by atoms with van der Waals surface area (Å²) in [5, 5.41) is 10.2. The average Bonchev–Trinajstić information content (AvgIpc) is 3.23. The number of carboxylic acids is 1. The lowest BCUT2D eigenvalue weighted by molar-refractivity contribution is -0.140. The van der Waals surface area contributed by atoms with Gasteiger partial charge in [-0.3, -0.25) is 4.79 Å². The van der Waals surface area contributed by atoms with Gasteiger partial charge >= 0.3 is 5.97 Å². The fraction of sp³-hybridized carbons (Fsp3) is 0.562. The third-order valence-electron chi connectivity index (χ3n) is 4.67. The van der Waals surface area contributed by atoms with Crippen LogP contribution in [0.2, 0.25) is 5.02 Å². The molecule has 1 aromatic rings. The SMILES string of the molecule is COc1c(C2(C(=O)O)CC2)cc2c(c1Cl)CCCCC2. The molecule has 4 heteroatoms. The summed E-state index contributed by atoms with van der Waals surface area (Å²) in [6, 6.07) is 2.05. The van der Waals surface area contributed by atoms with Crippen molar-refractivity contribution in [2.75, 3.05) is 7.11 Å². The van der Waals surface area contributed by atoms with E-state index < -0.39 is 11.4 Å². The van der Waals surface area contributed by atoms with Crippen molar-refractivity contribution in [3.63, 3.8) is 0 Å². The molecule has 3 rings (SSSR count). The minimum Gasteiger partial charge on any atom is -0.495 e. The molecular weight excluding hydrogens is 276 g/mol. The molecule has 0 amide bonds. The van der Waals surface area contributed by atoms with Gasteiger partial charge in [-0.05, 0) is 49.7 Å². The average molecular weight is 295 g/mol. The Kier molecular flexibility index (Phi) is 3.41. The number of rotatable bonds is 3. The summed E-state index contributed by atoms with van der Waals surface area (Å²) in [6.07, 6.45) is 6.79. The number of halogens is 1. The summed E-state index contributed by atoms with van der Waals surface area (Å²) < 4.78 is 5.46. The van der Waals surface area contributed by atoms with E-state index in [1.807, 2.05) is 6.07 Å². The first-order chi connectivity index (χ1) is 9.60. The van der Waals surface area contributed by atoms with E-state index in [4.69, 9.17) is 16.3 Å². The summed E-state index contributed by atoms with van der Waals surface area (Å²) in [4.78, 5) is 11.6.